The van der Waals surface area contributed by atoms with E-state index in [4.69, 9.17) is 5.73 Å². The van der Waals surface area contributed by atoms with Crippen LogP contribution in [0.15, 0.2) is 18.2 Å². The number of para-hydroxylation sites is 1. The van der Waals surface area contributed by atoms with Crippen molar-refractivity contribution in [3.05, 3.63) is 29.3 Å². The van der Waals surface area contributed by atoms with Crippen LogP contribution < -0.4 is 11.1 Å². The van der Waals surface area contributed by atoms with Gasteiger partial charge in [0.25, 0.3) is 0 Å². The van der Waals surface area contributed by atoms with Crippen LogP contribution in [0.4, 0.5) is 5.69 Å². The van der Waals surface area contributed by atoms with Crippen LogP contribution in [-0.2, 0) is 11.2 Å². The Morgan fingerprint density at radius 2 is 2.24 bits per heavy atom. The number of nitrogens with zero attached hydrogens (tertiary/aromatic N) is 1. The monoisotopic (exact) mass is 289 g/mol. The van der Waals surface area contributed by atoms with Crippen LogP contribution >= 0.6 is 0 Å². The van der Waals surface area contributed by atoms with Gasteiger partial charge in [-0.2, -0.15) is 0 Å². The molecule has 3 N–H and O–H groups in total. The summed E-state index contributed by atoms with van der Waals surface area (Å²) >= 11 is 0. The van der Waals surface area contributed by atoms with E-state index in [1.807, 2.05) is 19.1 Å². The topological polar surface area (TPSA) is 58.4 Å². The number of carbonyl (C=O) groups excluding carboxylic acids is 1. The summed E-state index contributed by atoms with van der Waals surface area (Å²) < 4.78 is 0. The van der Waals surface area contributed by atoms with E-state index in [-0.39, 0.29) is 5.91 Å². The molecule has 0 saturated carbocycles. The molecule has 1 aliphatic heterocycles. The molecule has 2 atom stereocenters. The first-order chi connectivity index (χ1) is 10.0. The molecule has 0 aliphatic carbocycles. The first-order valence-corrected chi connectivity index (χ1v) is 7.87. The van der Waals surface area contributed by atoms with Gasteiger partial charge in [0, 0.05) is 18.3 Å². The van der Waals surface area contributed by atoms with Gasteiger partial charge in [-0.3, -0.25) is 9.69 Å². The molecule has 0 spiro atoms. The maximum absolute atomic E-state index is 12.3. The fourth-order valence-electron chi connectivity index (χ4n) is 3.17. The van der Waals surface area contributed by atoms with Crippen molar-refractivity contribution in [3.63, 3.8) is 0 Å². The fourth-order valence-corrected chi connectivity index (χ4v) is 3.17. The van der Waals surface area contributed by atoms with Crippen LogP contribution in [0, 0.1) is 12.8 Å². The summed E-state index contributed by atoms with van der Waals surface area (Å²) in [7, 11) is 0. The van der Waals surface area contributed by atoms with E-state index >= 15 is 0 Å². The van der Waals surface area contributed by atoms with E-state index in [9.17, 15) is 4.79 Å². The molecule has 4 heteroatoms. The van der Waals surface area contributed by atoms with Gasteiger partial charge in [-0.1, -0.05) is 25.1 Å². The molecule has 1 aromatic carbocycles. The lowest BCUT2D eigenvalue weighted by Crippen LogP contribution is -2.36. The largest absolute Gasteiger partial charge is 0.330 e. The number of amides is 1. The average Bonchev–Trinajstić information content (AvgIpc) is 2.81. The second-order valence-corrected chi connectivity index (χ2v) is 6.13. The van der Waals surface area contributed by atoms with Crippen molar-refractivity contribution in [3.8, 4) is 0 Å². The van der Waals surface area contributed by atoms with Crippen molar-refractivity contribution in [2.45, 2.75) is 39.7 Å². The quantitative estimate of drug-likeness (QED) is 0.873. The summed E-state index contributed by atoms with van der Waals surface area (Å²) in [4.78, 5) is 14.6. The van der Waals surface area contributed by atoms with E-state index in [0.29, 0.717) is 25.0 Å². The van der Waals surface area contributed by atoms with Crippen LogP contribution in [0.3, 0.4) is 0 Å². The predicted molar refractivity (Wildman–Crippen MR) is 87.4 cm³/mol. The van der Waals surface area contributed by atoms with Crippen LogP contribution in [0.1, 0.15) is 31.4 Å². The van der Waals surface area contributed by atoms with Gasteiger partial charge in [0.2, 0.25) is 5.91 Å². The highest BCUT2D eigenvalue weighted by molar-refractivity contribution is 5.93. The highest BCUT2D eigenvalue weighted by Crippen LogP contribution is 2.23. The van der Waals surface area contributed by atoms with E-state index in [1.54, 1.807) is 0 Å². The number of rotatable bonds is 5. The lowest BCUT2D eigenvalue weighted by molar-refractivity contribution is -0.117. The van der Waals surface area contributed by atoms with Gasteiger partial charge >= 0.3 is 0 Å². The number of nitrogens with one attached hydrogen (secondary N) is 1. The van der Waals surface area contributed by atoms with E-state index in [1.165, 1.54) is 5.56 Å². The van der Waals surface area contributed by atoms with Crippen molar-refractivity contribution < 1.29 is 4.79 Å². The lowest BCUT2D eigenvalue weighted by atomic mass is 10.1. The summed E-state index contributed by atoms with van der Waals surface area (Å²) in [5, 5.41) is 3.10. The smallest absolute Gasteiger partial charge is 0.238 e. The Morgan fingerprint density at radius 3 is 2.86 bits per heavy atom. The molecule has 0 bridgehead atoms. The standard InChI is InChI=1S/C17H27N3O/c1-4-15-7-5-6-12(2)17(15)19-16(21)11-20-10-14(9-18)8-13(20)3/h5-7,13-14H,4,8-11,18H2,1-3H3,(H,19,21). The minimum Gasteiger partial charge on any atom is -0.330 e. The zero-order valence-electron chi connectivity index (χ0n) is 13.4. The van der Waals surface area contributed by atoms with E-state index in [2.05, 4.69) is 30.1 Å². The van der Waals surface area contributed by atoms with E-state index < -0.39 is 0 Å². The molecule has 0 aromatic heterocycles. The third-order valence-corrected chi connectivity index (χ3v) is 4.47. The number of benzene rings is 1. The van der Waals surface area contributed by atoms with E-state index in [0.717, 1.165) is 30.6 Å². The SMILES string of the molecule is CCc1cccc(C)c1NC(=O)CN1CC(CN)CC1C. The molecule has 0 radical (unpaired) electrons. The number of likely N-dealkylation sites (tertiary alicyclic amines) is 1. The molecular formula is C17H27N3O. The first kappa shape index (κ1) is 16.0. The molecule has 1 aliphatic rings. The predicted octanol–water partition coefficient (Wildman–Crippen LogP) is 2.17. The Morgan fingerprint density at radius 1 is 1.48 bits per heavy atom. The number of carbonyl (C=O) groups is 1. The molecule has 116 valence electrons. The maximum atomic E-state index is 12.3. The fraction of sp³-hybridized carbons (Fsp3) is 0.588. The number of anilines is 1. The Bertz CT molecular complexity index is 501. The highest BCUT2D eigenvalue weighted by Gasteiger charge is 2.29. The van der Waals surface area contributed by atoms with Crippen molar-refractivity contribution in [2.75, 3.05) is 25.0 Å². The summed E-state index contributed by atoms with van der Waals surface area (Å²) in [6.07, 6.45) is 2.01. The molecule has 1 fully saturated rings. The maximum Gasteiger partial charge on any atom is 0.238 e. The second kappa shape index (κ2) is 7.05. The second-order valence-electron chi connectivity index (χ2n) is 6.13. The molecule has 1 heterocycles. The Labute approximate surface area is 127 Å². The van der Waals surface area contributed by atoms with Gasteiger partial charge in [-0.25, -0.2) is 0 Å². The summed E-state index contributed by atoms with van der Waals surface area (Å²) in [5.74, 6) is 0.598. The summed E-state index contributed by atoms with van der Waals surface area (Å²) in [6, 6.07) is 6.59. The zero-order chi connectivity index (χ0) is 15.4. The van der Waals surface area contributed by atoms with Crippen molar-refractivity contribution in [1.29, 1.82) is 0 Å². The van der Waals surface area contributed by atoms with Gasteiger partial charge in [0.15, 0.2) is 0 Å². The average molecular weight is 289 g/mol. The molecule has 2 unspecified atom stereocenters. The summed E-state index contributed by atoms with van der Waals surface area (Å²) in [6.45, 7) is 8.42. The normalized spacial score (nSPS) is 22.5. The van der Waals surface area contributed by atoms with Gasteiger partial charge < -0.3 is 11.1 Å². The van der Waals surface area contributed by atoms with Crippen molar-refractivity contribution in [2.24, 2.45) is 11.7 Å². The molecule has 2 rings (SSSR count). The Balaban J connectivity index is 2.00. The Kier molecular flexibility index (Phi) is 5.37. The minimum absolute atomic E-state index is 0.0727. The van der Waals surface area contributed by atoms with Gasteiger partial charge in [0.1, 0.15) is 0 Å². The number of hydrogen-bond acceptors (Lipinski definition) is 3. The number of aryl methyl sites for hydroxylation is 2. The zero-order valence-corrected chi connectivity index (χ0v) is 13.4. The van der Waals surface area contributed by atoms with Crippen LogP contribution in [0.25, 0.3) is 0 Å². The first-order valence-electron chi connectivity index (χ1n) is 7.87. The van der Waals surface area contributed by atoms with Gasteiger partial charge in [0.05, 0.1) is 6.54 Å². The van der Waals surface area contributed by atoms with Gasteiger partial charge in [-0.05, 0) is 50.3 Å². The molecule has 1 aromatic rings. The molecule has 4 nitrogen and oxygen atoms in total. The number of nitrogens with two attached hydrogens (primary N) is 1. The Hall–Kier alpha value is -1.39. The third kappa shape index (κ3) is 3.83. The number of hydrogen-bond donors (Lipinski definition) is 2. The summed E-state index contributed by atoms with van der Waals surface area (Å²) in [5.41, 5.74) is 9.04. The highest BCUT2D eigenvalue weighted by atomic mass is 16.2. The molecule has 1 saturated heterocycles. The van der Waals surface area contributed by atoms with Crippen molar-refractivity contribution >= 4 is 11.6 Å². The van der Waals surface area contributed by atoms with Crippen LogP contribution in [0.2, 0.25) is 0 Å². The van der Waals surface area contributed by atoms with Gasteiger partial charge in [-0.15, -0.1) is 0 Å². The van der Waals surface area contributed by atoms with Crippen LogP contribution in [-0.4, -0.2) is 36.5 Å². The van der Waals surface area contributed by atoms with Crippen LogP contribution in [0.5, 0.6) is 0 Å². The lowest BCUT2D eigenvalue weighted by Gasteiger charge is -2.21. The van der Waals surface area contributed by atoms with Crippen molar-refractivity contribution in [1.82, 2.24) is 4.90 Å². The minimum atomic E-state index is 0.0727. The molecular weight excluding hydrogens is 262 g/mol. The third-order valence-electron chi connectivity index (χ3n) is 4.47. The molecule has 1 amide bonds. The molecule has 21 heavy (non-hydrogen) atoms.